The lowest BCUT2D eigenvalue weighted by molar-refractivity contribution is 0.671. The summed E-state index contributed by atoms with van der Waals surface area (Å²) in [5.74, 6) is 1.42. The first-order valence-electron chi connectivity index (χ1n) is 19.3. The zero-order valence-electron chi connectivity index (χ0n) is 30.9. The highest BCUT2D eigenvalue weighted by molar-refractivity contribution is 6.26. The summed E-state index contributed by atoms with van der Waals surface area (Å²) in [4.78, 5) is 10.5. The molecular weight excluding hydrogens is 695 g/mol. The van der Waals surface area contributed by atoms with E-state index < -0.39 is 0 Å². The molecule has 0 bridgehead atoms. The van der Waals surface area contributed by atoms with Crippen LogP contribution in [-0.2, 0) is 0 Å². The van der Waals surface area contributed by atoms with Crippen LogP contribution in [0, 0.1) is 0 Å². The molecule has 0 saturated carbocycles. The van der Waals surface area contributed by atoms with Gasteiger partial charge in [-0.2, -0.15) is 0 Å². The summed E-state index contributed by atoms with van der Waals surface area (Å²) in [7, 11) is 0. The number of nitrogens with zero attached hydrogens (tertiary/aromatic N) is 2. The molecule has 1 aliphatic heterocycles. The van der Waals surface area contributed by atoms with Crippen LogP contribution in [0.25, 0.3) is 76.9 Å². The molecule has 11 rings (SSSR count). The van der Waals surface area contributed by atoms with Crippen LogP contribution in [-0.4, -0.2) is 11.7 Å². The zero-order chi connectivity index (χ0) is 37.7. The molecule has 0 aliphatic carbocycles. The number of aliphatic imine (C=N–C) groups is 2. The van der Waals surface area contributed by atoms with Gasteiger partial charge in [0.1, 0.15) is 23.2 Å². The molecule has 1 atom stereocenters. The number of furan rings is 1. The molecule has 1 N–H and O–H groups in total. The Morgan fingerprint density at radius 1 is 0.404 bits per heavy atom. The van der Waals surface area contributed by atoms with Gasteiger partial charge in [-0.1, -0.05) is 176 Å². The number of hydrogen-bond acceptors (Lipinski definition) is 4. The van der Waals surface area contributed by atoms with Crippen molar-refractivity contribution in [1.29, 1.82) is 0 Å². The maximum atomic E-state index is 7.03. The van der Waals surface area contributed by atoms with Crippen molar-refractivity contribution < 1.29 is 4.42 Å². The van der Waals surface area contributed by atoms with Gasteiger partial charge >= 0.3 is 0 Å². The summed E-state index contributed by atoms with van der Waals surface area (Å²) in [5.41, 5.74) is 11.4. The van der Waals surface area contributed by atoms with Gasteiger partial charge in [0.15, 0.2) is 5.84 Å². The van der Waals surface area contributed by atoms with E-state index in [4.69, 9.17) is 14.4 Å². The van der Waals surface area contributed by atoms with Crippen LogP contribution < -0.4 is 5.32 Å². The van der Waals surface area contributed by atoms with Gasteiger partial charge in [0.25, 0.3) is 0 Å². The van der Waals surface area contributed by atoms with Crippen molar-refractivity contribution in [3.63, 3.8) is 0 Å². The zero-order valence-corrected chi connectivity index (χ0v) is 30.9. The van der Waals surface area contributed by atoms with Gasteiger partial charge in [0.05, 0.1) is 0 Å². The third kappa shape index (κ3) is 5.78. The Hall–Kier alpha value is -7.56. The molecule has 0 fully saturated rings. The van der Waals surface area contributed by atoms with Gasteiger partial charge in [-0.3, -0.25) is 0 Å². The van der Waals surface area contributed by atoms with Crippen LogP contribution in [0.4, 0.5) is 0 Å². The monoisotopic (exact) mass is 729 g/mol. The fraction of sp³-hybridized carbons (Fsp3) is 0.0189. The third-order valence-electron chi connectivity index (χ3n) is 11.1. The van der Waals surface area contributed by atoms with E-state index in [1.807, 2.05) is 12.1 Å². The van der Waals surface area contributed by atoms with Gasteiger partial charge in [-0.05, 0) is 73.8 Å². The SMILES string of the molecule is c1ccc(-c2cccc(C3=NC(c4ccccc4)NC(c4ccc(-c5ccc(-c6cccc7ccccc67)cc5)c5oc6c7ccccc7ccc6c45)=N3)c2)cc1. The van der Waals surface area contributed by atoms with E-state index in [-0.39, 0.29) is 6.17 Å². The van der Waals surface area contributed by atoms with E-state index in [1.54, 1.807) is 0 Å². The smallest absolute Gasteiger partial charge is 0.159 e. The van der Waals surface area contributed by atoms with E-state index in [0.717, 1.165) is 77.5 Å². The lowest BCUT2D eigenvalue weighted by Crippen LogP contribution is -2.33. The lowest BCUT2D eigenvalue weighted by Gasteiger charge is -2.24. The van der Waals surface area contributed by atoms with Crippen molar-refractivity contribution in [3.05, 3.63) is 217 Å². The lowest BCUT2D eigenvalue weighted by atomic mass is 9.94. The highest BCUT2D eigenvalue weighted by Gasteiger charge is 2.26. The number of hydrogen-bond donors (Lipinski definition) is 1. The van der Waals surface area contributed by atoms with E-state index in [1.165, 1.54) is 21.9 Å². The summed E-state index contributed by atoms with van der Waals surface area (Å²) in [6.07, 6.45) is -0.343. The minimum Gasteiger partial charge on any atom is -0.455 e. The van der Waals surface area contributed by atoms with E-state index in [2.05, 4.69) is 193 Å². The quantitative estimate of drug-likeness (QED) is 0.185. The summed E-state index contributed by atoms with van der Waals surface area (Å²) < 4.78 is 7.03. The van der Waals surface area contributed by atoms with Crippen molar-refractivity contribution in [2.24, 2.45) is 9.98 Å². The molecule has 2 heterocycles. The van der Waals surface area contributed by atoms with Crippen LogP contribution in [0.15, 0.2) is 215 Å². The Kier molecular flexibility index (Phi) is 7.85. The largest absolute Gasteiger partial charge is 0.455 e. The Bertz CT molecular complexity index is 3190. The fourth-order valence-electron chi connectivity index (χ4n) is 8.33. The third-order valence-corrected chi connectivity index (χ3v) is 11.1. The highest BCUT2D eigenvalue weighted by Crippen LogP contribution is 2.42. The summed E-state index contributed by atoms with van der Waals surface area (Å²) >= 11 is 0. The Balaban J connectivity index is 1.09. The first-order valence-corrected chi connectivity index (χ1v) is 19.3. The number of rotatable bonds is 6. The van der Waals surface area contributed by atoms with Crippen molar-refractivity contribution in [2.45, 2.75) is 6.17 Å². The molecule has 268 valence electrons. The summed E-state index contributed by atoms with van der Waals surface area (Å²) in [6.45, 7) is 0. The Morgan fingerprint density at radius 2 is 1.02 bits per heavy atom. The maximum Gasteiger partial charge on any atom is 0.159 e. The van der Waals surface area contributed by atoms with E-state index in [0.29, 0.717) is 5.84 Å². The number of amidine groups is 2. The molecule has 0 saturated heterocycles. The fourth-order valence-corrected chi connectivity index (χ4v) is 8.33. The first kappa shape index (κ1) is 32.8. The molecule has 57 heavy (non-hydrogen) atoms. The van der Waals surface area contributed by atoms with E-state index in [9.17, 15) is 0 Å². The van der Waals surface area contributed by atoms with Crippen LogP contribution in [0.2, 0.25) is 0 Å². The number of nitrogens with one attached hydrogen (secondary N) is 1. The van der Waals surface area contributed by atoms with Gasteiger partial charge in [-0.15, -0.1) is 0 Å². The van der Waals surface area contributed by atoms with Crippen molar-refractivity contribution in [3.8, 4) is 33.4 Å². The first-order chi connectivity index (χ1) is 28.2. The Labute approximate surface area is 330 Å². The van der Waals surface area contributed by atoms with Gasteiger partial charge in [0.2, 0.25) is 0 Å². The second-order valence-corrected chi connectivity index (χ2v) is 14.6. The maximum absolute atomic E-state index is 7.03. The van der Waals surface area contributed by atoms with Gasteiger partial charge in [0, 0.05) is 32.8 Å². The predicted octanol–water partition coefficient (Wildman–Crippen LogP) is 13.4. The topological polar surface area (TPSA) is 49.9 Å². The van der Waals surface area contributed by atoms with Crippen LogP contribution >= 0.6 is 0 Å². The minimum absolute atomic E-state index is 0.343. The summed E-state index contributed by atoms with van der Waals surface area (Å²) in [6, 6.07) is 70.4. The second kappa shape index (κ2) is 13.6. The molecule has 1 unspecified atom stereocenters. The van der Waals surface area contributed by atoms with Crippen LogP contribution in [0.3, 0.4) is 0 Å². The average molecular weight is 730 g/mol. The predicted molar refractivity (Wildman–Crippen MR) is 237 cm³/mol. The number of fused-ring (bicyclic) bond motifs is 6. The molecule has 9 aromatic carbocycles. The standard InChI is InChI=1S/C53H35N3O/c1-3-13-34(14-4-1)40-20-11-21-41(33-40)52-54-51(39-17-5-2-6-18-39)55-53(56-52)47-32-31-45(50-48(47)46-30-29-36-16-8-10-23-44(36)49(46)57-50)38-27-25-37(26-28-38)43-24-12-19-35-15-7-9-22-42(35)43/h1-33,51H,(H,54,55,56). The molecule has 1 aromatic heterocycles. The van der Waals surface area contributed by atoms with Crippen molar-refractivity contribution in [1.82, 2.24) is 5.32 Å². The van der Waals surface area contributed by atoms with Gasteiger partial charge in [-0.25, -0.2) is 9.98 Å². The van der Waals surface area contributed by atoms with Crippen LogP contribution in [0.5, 0.6) is 0 Å². The highest BCUT2D eigenvalue weighted by atomic mass is 16.3. The molecule has 1 aliphatic rings. The summed E-state index contributed by atoms with van der Waals surface area (Å²) in [5, 5.41) is 10.5. The van der Waals surface area contributed by atoms with Crippen molar-refractivity contribution in [2.75, 3.05) is 0 Å². The Morgan fingerprint density at radius 3 is 1.82 bits per heavy atom. The number of benzene rings is 9. The molecule has 0 radical (unpaired) electrons. The molecule has 4 nitrogen and oxygen atoms in total. The molecule has 0 amide bonds. The molecular formula is C53H35N3O. The average Bonchev–Trinajstić information content (AvgIpc) is 3.70. The van der Waals surface area contributed by atoms with Crippen LogP contribution in [0.1, 0.15) is 22.9 Å². The molecule has 0 spiro atoms. The second-order valence-electron chi connectivity index (χ2n) is 14.6. The van der Waals surface area contributed by atoms with Crippen molar-refractivity contribution >= 4 is 55.2 Å². The normalized spacial score (nSPS) is 14.1. The van der Waals surface area contributed by atoms with Gasteiger partial charge < -0.3 is 9.73 Å². The molecule has 10 aromatic rings. The van der Waals surface area contributed by atoms with E-state index >= 15 is 0 Å². The minimum atomic E-state index is -0.343. The molecule has 4 heteroatoms.